The van der Waals surface area contributed by atoms with Crippen LogP contribution < -0.4 is 5.32 Å². The van der Waals surface area contributed by atoms with Crippen LogP contribution in [-0.4, -0.2) is 22.3 Å². The molecule has 1 aromatic heterocycles. The van der Waals surface area contributed by atoms with Crippen LogP contribution in [0.1, 0.15) is 22.5 Å². The predicted octanol–water partition coefficient (Wildman–Crippen LogP) is 1.64. The lowest BCUT2D eigenvalue weighted by atomic mass is 10.3. The monoisotopic (exact) mass is 216 g/mol. The minimum absolute atomic E-state index is 0.0550. The van der Waals surface area contributed by atoms with Crippen LogP contribution in [0.4, 0.5) is 0 Å². The first-order chi connectivity index (χ1) is 6.26. The van der Waals surface area contributed by atoms with Crippen LogP contribution in [0.3, 0.4) is 0 Å². The Labute approximate surface area is 85.1 Å². The standard InChI is InChI=1S/C8H9ClN2OS/c9-4-8(1-2-8)11-7(12)6-3-10-5-13-6/h3,5H,1-2,4H2,(H,11,12). The lowest BCUT2D eigenvalue weighted by Gasteiger charge is -2.12. The highest BCUT2D eigenvalue weighted by Gasteiger charge is 2.43. The van der Waals surface area contributed by atoms with E-state index in [1.54, 1.807) is 11.7 Å². The Bertz CT molecular complexity index is 308. The Kier molecular flexibility index (Phi) is 2.26. The number of amides is 1. The first-order valence-corrected chi connectivity index (χ1v) is 5.44. The molecule has 0 atom stereocenters. The van der Waals surface area contributed by atoms with Gasteiger partial charge in [0.1, 0.15) is 4.88 Å². The van der Waals surface area contributed by atoms with Crippen LogP contribution >= 0.6 is 22.9 Å². The number of nitrogens with zero attached hydrogens (tertiary/aromatic N) is 1. The van der Waals surface area contributed by atoms with Crippen LogP contribution in [0.2, 0.25) is 0 Å². The maximum Gasteiger partial charge on any atom is 0.263 e. The van der Waals surface area contributed by atoms with Gasteiger partial charge in [-0.2, -0.15) is 0 Å². The van der Waals surface area contributed by atoms with E-state index < -0.39 is 0 Å². The summed E-state index contributed by atoms with van der Waals surface area (Å²) >= 11 is 7.08. The SMILES string of the molecule is O=C(NC1(CCl)CC1)c1cncs1. The molecular weight excluding hydrogens is 208 g/mol. The molecule has 1 aliphatic rings. The minimum atomic E-state index is -0.122. The Hall–Kier alpha value is -0.610. The molecule has 1 saturated carbocycles. The third-order valence-corrected chi connectivity index (χ3v) is 3.43. The number of hydrogen-bond acceptors (Lipinski definition) is 3. The van der Waals surface area contributed by atoms with Crippen LogP contribution in [0, 0.1) is 0 Å². The summed E-state index contributed by atoms with van der Waals surface area (Å²) in [7, 11) is 0. The average Bonchev–Trinajstić information content (AvgIpc) is 2.69. The van der Waals surface area contributed by atoms with Crippen LogP contribution in [-0.2, 0) is 0 Å². The molecule has 1 N–H and O–H groups in total. The smallest absolute Gasteiger partial charge is 0.263 e. The van der Waals surface area contributed by atoms with Crippen molar-refractivity contribution in [1.29, 1.82) is 0 Å². The molecule has 0 unspecified atom stereocenters. The molecule has 1 aromatic rings. The molecule has 1 heterocycles. The van der Waals surface area contributed by atoms with E-state index in [0.29, 0.717) is 10.8 Å². The van der Waals surface area contributed by atoms with Gasteiger partial charge in [0.2, 0.25) is 0 Å². The number of carbonyl (C=O) groups is 1. The van der Waals surface area contributed by atoms with Gasteiger partial charge in [0, 0.05) is 5.88 Å². The normalized spacial score (nSPS) is 18.2. The largest absolute Gasteiger partial charge is 0.345 e. The summed E-state index contributed by atoms with van der Waals surface area (Å²) in [5.41, 5.74) is 1.53. The number of halogens is 1. The van der Waals surface area contributed by atoms with Gasteiger partial charge in [0.05, 0.1) is 17.2 Å². The van der Waals surface area contributed by atoms with Crippen molar-refractivity contribution in [2.45, 2.75) is 18.4 Å². The van der Waals surface area contributed by atoms with E-state index in [-0.39, 0.29) is 11.4 Å². The Morgan fingerprint density at radius 1 is 1.77 bits per heavy atom. The highest BCUT2D eigenvalue weighted by Crippen LogP contribution is 2.36. The number of aromatic nitrogens is 1. The van der Waals surface area contributed by atoms with E-state index in [9.17, 15) is 4.79 Å². The quantitative estimate of drug-likeness (QED) is 0.781. The fraction of sp³-hybridized carbons (Fsp3) is 0.500. The maximum atomic E-state index is 11.5. The molecule has 13 heavy (non-hydrogen) atoms. The summed E-state index contributed by atoms with van der Waals surface area (Å²) in [4.78, 5) is 16.0. The van der Waals surface area contributed by atoms with Gasteiger partial charge in [-0.25, -0.2) is 0 Å². The molecule has 1 aliphatic carbocycles. The van der Waals surface area contributed by atoms with E-state index in [1.807, 2.05) is 0 Å². The van der Waals surface area contributed by atoms with Crippen molar-refractivity contribution in [1.82, 2.24) is 10.3 Å². The maximum absolute atomic E-state index is 11.5. The zero-order valence-corrected chi connectivity index (χ0v) is 8.49. The third-order valence-electron chi connectivity index (χ3n) is 2.14. The molecular formula is C8H9ClN2OS. The molecule has 0 radical (unpaired) electrons. The summed E-state index contributed by atoms with van der Waals surface area (Å²) in [6.45, 7) is 0. The van der Waals surface area contributed by atoms with E-state index in [2.05, 4.69) is 10.3 Å². The topological polar surface area (TPSA) is 42.0 Å². The van der Waals surface area contributed by atoms with Gasteiger partial charge in [0.25, 0.3) is 5.91 Å². The molecule has 5 heteroatoms. The first kappa shape index (κ1) is 8.97. The summed E-state index contributed by atoms with van der Waals surface area (Å²) in [5, 5.41) is 2.92. The third kappa shape index (κ3) is 1.84. The van der Waals surface area contributed by atoms with Gasteiger partial charge in [0.15, 0.2) is 0 Å². The van der Waals surface area contributed by atoms with Crippen molar-refractivity contribution in [3.05, 3.63) is 16.6 Å². The highest BCUT2D eigenvalue weighted by atomic mass is 35.5. The van der Waals surface area contributed by atoms with Gasteiger partial charge < -0.3 is 5.32 Å². The molecule has 70 valence electrons. The van der Waals surface area contributed by atoms with E-state index in [4.69, 9.17) is 11.6 Å². The second-order valence-corrected chi connectivity index (χ2v) is 4.39. The van der Waals surface area contributed by atoms with Crippen LogP contribution in [0.15, 0.2) is 11.7 Å². The van der Waals surface area contributed by atoms with Gasteiger partial charge >= 0.3 is 0 Å². The summed E-state index contributed by atoms with van der Waals surface area (Å²) < 4.78 is 0. The average molecular weight is 217 g/mol. The molecule has 1 fully saturated rings. The molecule has 0 aromatic carbocycles. The molecule has 0 aliphatic heterocycles. The Balaban J connectivity index is 2.00. The van der Waals surface area contributed by atoms with E-state index in [1.165, 1.54) is 11.3 Å². The van der Waals surface area contributed by atoms with Crippen molar-refractivity contribution >= 4 is 28.8 Å². The molecule has 0 spiro atoms. The van der Waals surface area contributed by atoms with Crippen LogP contribution in [0.25, 0.3) is 0 Å². The Morgan fingerprint density at radius 3 is 3.00 bits per heavy atom. The van der Waals surface area contributed by atoms with Gasteiger partial charge in [-0.1, -0.05) is 0 Å². The van der Waals surface area contributed by atoms with Crippen molar-refractivity contribution in [2.75, 3.05) is 5.88 Å². The number of thiazole rings is 1. The number of alkyl halides is 1. The second-order valence-electron chi connectivity index (χ2n) is 3.23. The summed E-state index contributed by atoms with van der Waals surface area (Å²) in [5.74, 6) is 0.443. The molecule has 2 rings (SSSR count). The number of hydrogen-bond donors (Lipinski definition) is 1. The minimum Gasteiger partial charge on any atom is -0.345 e. The second kappa shape index (κ2) is 3.27. The molecule has 1 amide bonds. The van der Waals surface area contributed by atoms with Crippen molar-refractivity contribution in [2.24, 2.45) is 0 Å². The first-order valence-electron chi connectivity index (χ1n) is 4.03. The van der Waals surface area contributed by atoms with E-state index >= 15 is 0 Å². The number of rotatable bonds is 3. The number of nitrogens with one attached hydrogen (secondary N) is 1. The fourth-order valence-corrected chi connectivity index (χ4v) is 1.92. The van der Waals surface area contributed by atoms with E-state index in [0.717, 1.165) is 12.8 Å². The zero-order valence-electron chi connectivity index (χ0n) is 6.92. The lowest BCUT2D eigenvalue weighted by Crippen LogP contribution is -2.37. The van der Waals surface area contributed by atoms with Crippen molar-refractivity contribution < 1.29 is 4.79 Å². The molecule has 3 nitrogen and oxygen atoms in total. The van der Waals surface area contributed by atoms with Gasteiger partial charge in [-0.3, -0.25) is 9.78 Å². The lowest BCUT2D eigenvalue weighted by molar-refractivity contribution is 0.0940. The van der Waals surface area contributed by atoms with Gasteiger partial charge in [-0.05, 0) is 12.8 Å². The fourth-order valence-electron chi connectivity index (χ4n) is 1.07. The number of carbonyl (C=O) groups excluding carboxylic acids is 1. The van der Waals surface area contributed by atoms with Crippen LogP contribution in [0.5, 0.6) is 0 Å². The highest BCUT2D eigenvalue weighted by molar-refractivity contribution is 7.11. The molecule has 0 saturated heterocycles. The zero-order chi connectivity index (χ0) is 9.31. The van der Waals surface area contributed by atoms with Gasteiger partial charge in [-0.15, -0.1) is 22.9 Å². The summed E-state index contributed by atoms with van der Waals surface area (Å²) in [6, 6.07) is 0. The van der Waals surface area contributed by atoms with Crippen molar-refractivity contribution in [3.8, 4) is 0 Å². The Morgan fingerprint density at radius 2 is 2.54 bits per heavy atom. The summed E-state index contributed by atoms with van der Waals surface area (Å²) in [6.07, 6.45) is 3.55. The van der Waals surface area contributed by atoms with Crippen molar-refractivity contribution in [3.63, 3.8) is 0 Å². The predicted molar refractivity (Wildman–Crippen MR) is 52.3 cm³/mol. The molecule has 0 bridgehead atoms.